The van der Waals surface area contributed by atoms with Gasteiger partial charge in [0.2, 0.25) is 11.8 Å². The van der Waals surface area contributed by atoms with Gasteiger partial charge in [-0.25, -0.2) is 9.37 Å². The number of benzene rings is 2. The van der Waals surface area contributed by atoms with Gasteiger partial charge in [0.25, 0.3) is 0 Å². The van der Waals surface area contributed by atoms with Crippen molar-refractivity contribution in [3.8, 4) is 11.3 Å². The van der Waals surface area contributed by atoms with Crippen LogP contribution in [0.25, 0.3) is 11.3 Å². The van der Waals surface area contributed by atoms with Gasteiger partial charge in [-0.05, 0) is 44.5 Å². The molecule has 0 spiro atoms. The van der Waals surface area contributed by atoms with Crippen LogP contribution >= 0.6 is 0 Å². The van der Waals surface area contributed by atoms with Gasteiger partial charge >= 0.3 is 0 Å². The molecule has 2 N–H and O–H groups in total. The summed E-state index contributed by atoms with van der Waals surface area (Å²) in [4.78, 5) is 9.50. The van der Waals surface area contributed by atoms with Crippen LogP contribution in [0.4, 0.5) is 21.8 Å². The van der Waals surface area contributed by atoms with Gasteiger partial charge < -0.3 is 20.0 Å². The highest BCUT2D eigenvalue weighted by molar-refractivity contribution is 5.76. The Morgan fingerprint density at radius 3 is 2.53 bits per heavy atom. The highest BCUT2D eigenvalue weighted by Gasteiger charge is 2.37. The summed E-state index contributed by atoms with van der Waals surface area (Å²) in [5.41, 5.74) is 5.25. The number of quaternary nitrogens is 1. The predicted molar refractivity (Wildman–Crippen MR) is 129 cm³/mol. The third kappa shape index (κ3) is 4.06. The molecular formula is C25H28FN5O3. The molecule has 0 radical (unpaired) electrons. The molecular weight excluding hydrogens is 437 g/mol. The molecule has 1 saturated heterocycles. The van der Waals surface area contributed by atoms with Crippen molar-refractivity contribution in [3.63, 3.8) is 0 Å². The number of hydrogen-bond acceptors (Lipinski definition) is 7. The minimum atomic E-state index is -0.755. The predicted octanol–water partition coefficient (Wildman–Crippen LogP) is 4.19. The standard InChI is InChI=1S/C25H28FN5O3/c1-15-5-4-6-16(2)23(15)31(32)14-27-12-20-22(19-8-7-18(26)11-17(19)3)29-25(30-24(20)31)28-13-21-33-9-10-34-21/h4-8,11,21,27H,9-10,12-14H2,1-3H3,(H,28,29,30). The number of nitrogens with zero attached hydrogens (tertiary/aromatic N) is 3. The van der Waals surface area contributed by atoms with E-state index in [2.05, 4.69) is 10.6 Å². The van der Waals surface area contributed by atoms with Crippen molar-refractivity contribution >= 4 is 17.5 Å². The number of aryl methyl sites for hydroxylation is 3. The summed E-state index contributed by atoms with van der Waals surface area (Å²) in [6.45, 7) is 7.72. The third-order valence-electron chi connectivity index (χ3n) is 6.33. The molecule has 2 aromatic carbocycles. The zero-order valence-electron chi connectivity index (χ0n) is 19.5. The van der Waals surface area contributed by atoms with Crippen molar-refractivity contribution in [2.75, 3.05) is 31.7 Å². The second kappa shape index (κ2) is 9.01. The summed E-state index contributed by atoms with van der Waals surface area (Å²) < 4.78 is 24.2. The average Bonchev–Trinajstić information content (AvgIpc) is 3.32. The molecule has 0 aliphatic carbocycles. The molecule has 1 aromatic heterocycles. The molecule has 5 rings (SSSR count). The largest absolute Gasteiger partial charge is 0.620 e. The van der Waals surface area contributed by atoms with E-state index in [0.717, 1.165) is 22.3 Å². The first-order valence-electron chi connectivity index (χ1n) is 11.4. The third-order valence-corrected chi connectivity index (χ3v) is 6.33. The Morgan fingerprint density at radius 2 is 1.82 bits per heavy atom. The van der Waals surface area contributed by atoms with E-state index >= 15 is 0 Å². The maximum atomic E-state index is 14.6. The lowest BCUT2D eigenvalue weighted by Crippen LogP contribution is -2.50. The second-order valence-electron chi connectivity index (χ2n) is 8.77. The van der Waals surface area contributed by atoms with Crippen LogP contribution in [-0.2, 0) is 16.0 Å². The number of aromatic nitrogens is 2. The number of hydroxylamine groups is 1. The van der Waals surface area contributed by atoms with Gasteiger partial charge in [0, 0.05) is 23.2 Å². The molecule has 178 valence electrons. The minimum absolute atomic E-state index is 0.145. The smallest absolute Gasteiger partial charge is 0.243 e. The van der Waals surface area contributed by atoms with Crippen LogP contribution in [0.5, 0.6) is 0 Å². The first-order valence-corrected chi connectivity index (χ1v) is 11.4. The number of para-hydroxylation sites is 1. The SMILES string of the molecule is Cc1cc(F)ccc1-c1nc(NCC2OCCO2)nc2c1CNC[N+]2([O-])c1c(C)cccc1C. The molecule has 9 heteroatoms. The number of halogens is 1. The van der Waals surface area contributed by atoms with Gasteiger partial charge in [-0.15, -0.1) is 0 Å². The Morgan fingerprint density at radius 1 is 1.09 bits per heavy atom. The molecule has 8 nitrogen and oxygen atoms in total. The molecule has 1 unspecified atom stereocenters. The topological polar surface area (TPSA) is 91.4 Å². The Kier molecular flexibility index (Phi) is 6.05. The summed E-state index contributed by atoms with van der Waals surface area (Å²) in [6, 6.07) is 10.4. The summed E-state index contributed by atoms with van der Waals surface area (Å²) in [6.07, 6.45) is -0.401. The minimum Gasteiger partial charge on any atom is -0.620 e. The van der Waals surface area contributed by atoms with Gasteiger partial charge in [0.05, 0.1) is 31.0 Å². The van der Waals surface area contributed by atoms with Crippen molar-refractivity contribution in [1.29, 1.82) is 0 Å². The van der Waals surface area contributed by atoms with E-state index in [4.69, 9.17) is 19.4 Å². The molecule has 0 amide bonds. The number of ether oxygens (including phenoxy) is 2. The van der Waals surface area contributed by atoms with Crippen LogP contribution in [0.3, 0.4) is 0 Å². The van der Waals surface area contributed by atoms with Gasteiger partial charge in [-0.3, -0.25) is 9.96 Å². The number of fused-ring (bicyclic) bond motifs is 1. The van der Waals surface area contributed by atoms with Crippen LogP contribution in [0, 0.1) is 31.8 Å². The van der Waals surface area contributed by atoms with Gasteiger partial charge in [0.1, 0.15) is 18.2 Å². The molecule has 34 heavy (non-hydrogen) atoms. The highest BCUT2D eigenvalue weighted by Crippen LogP contribution is 2.43. The average molecular weight is 466 g/mol. The van der Waals surface area contributed by atoms with E-state index in [1.807, 2.05) is 39.0 Å². The van der Waals surface area contributed by atoms with Crippen molar-refractivity contribution in [2.24, 2.45) is 0 Å². The fourth-order valence-corrected chi connectivity index (χ4v) is 4.80. The molecule has 0 saturated carbocycles. The maximum Gasteiger partial charge on any atom is 0.243 e. The van der Waals surface area contributed by atoms with Gasteiger partial charge in [-0.1, -0.05) is 18.2 Å². The van der Waals surface area contributed by atoms with Crippen molar-refractivity contribution in [1.82, 2.24) is 19.9 Å². The van der Waals surface area contributed by atoms with Crippen LogP contribution in [0.1, 0.15) is 22.3 Å². The van der Waals surface area contributed by atoms with E-state index in [9.17, 15) is 9.60 Å². The summed E-state index contributed by atoms with van der Waals surface area (Å²) >= 11 is 0. The Hall–Kier alpha value is -2.95. The van der Waals surface area contributed by atoms with Crippen molar-refractivity contribution in [3.05, 3.63) is 69.7 Å². The van der Waals surface area contributed by atoms with E-state index in [1.165, 1.54) is 12.1 Å². The van der Waals surface area contributed by atoms with Crippen LogP contribution in [0.15, 0.2) is 36.4 Å². The van der Waals surface area contributed by atoms with E-state index in [0.29, 0.717) is 55.0 Å². The lowest BCUT2D eigenvalue weighted by molar-refractivity contribution is -0.0300. The highest BCUT2D eigenvalue weighted by atomic mass is 19.1. The molecule has 2 aliphatic heterocycles. The van der Waals surface area contributed by atoms with Crippen molar-refractivity contribution in [2.45, 2.75) is 33.6 Å². The van der Waals surface area contributed by atoms with E-state index < -0.39 is 10.9 Å². The number of anilines is 1. The lowest BCUT2D eigenvalue weighted by atomic mass is 9.99. The Balaban J connectivity index is 1.68. The Labute approximate surface area is 197 Å². The summed E-state index contributed by atoms with van der Waals surface area (Å²) in [5, 5.41) is 21.0. The van der Waals surface area contributed by atoms with Gasteiger partial charge in [-0.2, -0.15) is 4.98 Å². The van der Waals surface area contributed by atoms with Crippen LogP contribution in [0.2, 0.25) is 0 Å². The Bertz CT molecular complexity index is 1210. The fraction of sp³-hybridized carbons (Fsp3) is 0.360. The second-order valence-corrected chi connectivity index (χ2v) is 8.77. The molecule has 1 atom stereocenters. The molecule has 0 bridgehead atoms. The fourth-order valence-electron chi connectivity index (χ4n) is 4.80. The molecule has 3 heterocycles. The molecule has 3 aromatic rings. The zero-order valence-corrected chi connectivity index (χ0v) is 19.5. The molecule has 1 fully saturated rings. The number of rotatable bonds is 5. The first kappa shape index (κ1) is 22.8. The normalized spacial score (nSPS) is 20.4. The van der Waals surface area contributed by atoms with E-state index in [1.54, 1.807) is 6.07 Å². The maximum absolute atomic E-state index is 14.6. The first-order chi connectivity index (χ1) is 16.4. The number of nitrogens with one attached hydrogen (secondary N) is 2. The van der Waals surface area contributed by atoms with Crippen LogP contribution < -0.4 is 15.3 Å². The van der Waals surface area contributed by atoms with Crippen LogP contribution in [-0.4, -0.2) is 42.7 Å². The lowest BCUT2D eigenvalue weighted by Gasteiger charge is -2.45. The quantitative estimate of drug-likeness (QED) is 0.431. The van der Waals surface area contributed by atoms with E-state index in [-0.39, 0.29) is 12.5 Å². The van der Waals surface area contributed by atoms with Gasteiger partial charge in [0.15, 0.2) is 6.29 Å². The van der Waals surface area contributed by atoms with Crippen molar-refractivity contribution < 1.29 is 13.9 Å². The monoisotopic (exact) mass is 465 g/mol. The number of hydrogen-bond donors (Lipinski definition) is 2. The molecule has 2 aliphatic rings. The zero-order chi connectivity index (χ0) is 23.9. The summed E-state index contributed by atoms with van der Waals surface area (Å²) in [7, 11) is 0. The summed E-state index contributed by atoms with van der Waals surface area (Å²) in [5.74, 6) is 0.365.